The summed E-state index contributed by atoms with van der Waals surface area (Å²) in [5.41, 5.74) is 1.72. The van der Waals surface area contributed by atoms with Gasteiger partial charge in [-0.25, -0.2) is 0 Å². The summed E-state index contributed by atoms with van der Waals surface area (Å²) >= 11 is 0. The fourth-order valence-corrected chi connectivity index (χ4v) is 2.10. The SMILES string of the molecule is CCCCC(=O)c1ccc(-c2nnc(-c3ccccn3)nn2)nc1. The van der Waals surface area contributed by atoms with Crippen LogP contribution in [0.5, 0.6) is 0 Å². The van der Waals surface area contributed by atoms with E-state index in [9.17, 15) is 4.79 Å². The van der Waals surface area contributed by atoms with Crippen LogP contribution in [0.1, 0.15) is 36.5 Å². The molecule has 0 aromatic carbocycles. The van der Waals surface area contributed by atoms with E-state index in [2.05, 4.69) is 37.3 Å². The van der Waals surface area contributed by atoms with Crippen molar-refractivity contribution in [1.29, 1.82) is 0 Å². The number of carbonyl (C=O) groups excluding carboxylic acids is 1. The molecule has 0 radical (unpaired) electrons. The molecule has 0 amide bonds. The van der Waals surface area contributed by atoms with Crippen molar-refractivity contribution >= 4 is 5.78 Å². The zero-order valence-electron chi connectivity index (χ0n) is 13.3. The summed E-state index contributed by atoms with van der Waals surface area (Å²) < 4.78 is 0. The van der Waals surface area contributed by atoms with E-state index in [0.717, 1.165) is 12.8 Å². The number of hydrogen-bond acceptors (Lipinski definition) is 7. The van der Waals surface area contributed by atoms with Gasteiger partial charge in [0, 0.05) is 24.4 Å². The summed E-state index contributed by atoms with van der Waals surface area (Å²) in [5.74, 6) is 0.756. The number of carbonyl (C=O) groups is 1. The van der Waals surface area contributed by atoms with Crippen LogP contribution in [0.3, 0.4) is 0 Å². The Labute approximate surface area is 139 Å². The first-order chi connectivity index (χ1) is 11.8. The lowest BCUT2D eigenvalue weighted by atomic mass is 10.1. The quantitative estimate of drug-likeness (QED) is 0.644. The van der Waals surface area contributed by atoms with Crippen molar-refractivity contribution in [2.24, 2.45) is 0 Å². The Morgan fingerprint density at radius 2 is 1.62 bits per heavy atom. The number of hydrogen-bond donors (Lipinski definition) is 0. The third-order valence-electron chi connectivity index (χ3n) is 3.44. The molecule has 24 heavy (non-hydrogen) atoms. The normalized spacial score (nSPS) is 10.5. The van der Waals surface area contributed by atoms with Crippen molar-refractivity contribution in [3.63, 3.8) is 0 Å². The number of unbranched alkanes of at least 4 members (excludes halogenated alkanes) is 1. The minimum absolute atomic E-state index is 0.0959. The zero-order chi connectivity index (χ0) is 16.8. The third-order valence-corrected chi connectivity index (χ3v) is 3.44. The van der Waals surface area contributed by atoms with Crippen LogP contribution in [0.2, 0.25) is 0 Å². The second kappa shape index (κ2) is 7.45. The molecule has 0 aliphatic rings. The van der Waals surface area contributed by atoms with E-state index in [0.29, 0.717) is 35.0 Å². The smallest absolute Gasteiger partial charge is 0.221 e. The summed E-state index contributed by atoms with van der Waals surface area (Å²) in [6.07, 6.45) is 5.61. The van der Waals surface area contributed by atoms with E-state index in [1.165, 1.54) is 0 Å². The predicted octanol–water partition coefficient (Wildman–Crippen LogP) is 2.76. The van der Waals surface area contributed by atoms with E-state index in [-0.39, 0.29) is 5.78 Å². The van der Waals surface area contributed by atoms with Crippen molar-refractivity contribution in [2.45, 2.75) is 26.2 Å². The van der Waals surface area contributed by atoms with Gasteiger partial charge in [0.25, 0.3) is 0 Å². The Balaban J connectivity index is 1.76. The van der Waals surface area contributed by atoms with Crippen LogP contribution in [0, 0.1) is 0 Å². The maximum atomic E-state index is 12.0. The van der Waals surface area contributed by atoms with E-state index >= 15 is 0 Å². The summed E-state index contributed by atoms with van der Waals surface area (Å²) in [5, 5.41) is 16.1. The van der Waals surface area contributed by atoms with Gasteiger partial charge in [-0.3, -0.25) is 14.8 Å². The first-order valence-electron chi connectivity index (χ1n) is 7.76. The lowest BCUT2D eigenvalue weighted by Crippen LogP contribution is -2.03. The number of pyridine rings is 2. The van der Waals surface area contributed by atoms with Crippen LogP contribution in [0.25, 0.3) is 23.0 Å². The number of nitrogens with zero attached hydrogens (tertiary/aromatic N) is 6. The highest BCUT2D eigenvalue weighted by Crippen LogP contribution is 2.14. The third kappa shape index (κ3) is 3.62. The molecule has 0 saturated carbocycles. The molecule has 0 aliphatic heterocycles. The Hall–Kier alpha value is -3.09. The average molecular weight is 320 g/mol. The van der Waals surface area contributed by atoms with Crippen molar-refractivity contribution in [2.75, 3.05) is 0 Å². The summed E-state index contributed by atoms with van der Waals surface area (Å²) in [4.78, 5) is 20.3. The van der Waals surface area contributed by atoms with Gasteiger partial charge < -0.3 is 0 Å². The maximum absolute atomic E-state index is 12.0. The van der Waals surface area contributed by atoms with Gasteiger partial charge in [0.05, 0.1) is 0 Å². The van der Waals surface area contributed by atoms with Gasteiger partial charge in [-0.2, -0.15) is 0 Å². The number of rotatable bonds is 6. The summed E-state index contributed by atoms with van der Waals surface area (Å²) in [7, 11) is 0. The molecule has 0 saturated heterocycles. The summed E-state index contributed by atoms with van der Waals surface area (Å²) in [6, 6.07) is 8.88. The molecule has 120 valence electrons. The lowest BCUT2D eigenvalue weighted by molar-refractivity contribution is 0.0979. The van der Waals surface area contributed by atoms with Crippen molar-refractivity contribution < 1.29 is 4.79 Å². The molecular formula is C17H16N6O. The van der Waals surface area contributed by atoms with Crippen LogP contribution < -0.4 is 0 Å². The highest BCUT2D eigenvalue weighted by atomic mass is 16.1. The lowest BCUT2D eigenvalue weighted by Gasteiger charge is -2.02. The van der Waals surface area contributed by atoms with Gasteiger partial charge in [-0.1, -0.05) is 19.4 Å². The average Bonchev–Trinajstić information content (AvgIpc) is 2.67. The number of ketones is 1. The molecule has 0 atom stereocenters. The Morgan fingerprint density at radius 1 is 0.917 bits per heavy atom. The molecule has 7 nitrogen and oxygen atoms in total. The van der Waals surface area contributed by atoms with Crippen LogP contribution >= 0.6 is 0 Å². The second-order valence-electron chi connectivity index (χ2n) is 5.22. The standard InChI is InChI=1S/C17H16N6O/c1-2-3-7-15(24)12-8-9-14(19-11-12)17-22-20-16(21-23-17)13-6-4-5-10-18-13/h4-6,8-11H,2-3,7H2,1H3. The van der Waals surface area contributed by atoms with Crippen molar-refractivity contribution in [3.8, 4) is 23.0 Å². The van der Waals surface area contributed by atoms with E-state index in [1.807, 2.05) is 12.1 Å². The van der Waals surface area contributed by atoms with Crippen LogP contribution in [-0.2, 0) is 0 Å². The van der Waals surface area contributed by atoms with Crippen molar-refractivity contribution in [1.82, 2.24) is 30.4 Å². The largest absolute Gasteiger partial charge is 0.294 e. The molecule has 7 heteroatoms. The second-order valence-corrected chi connectivity index (χ2v) is 5.22. The molecule has 3 aromatic heterocycles. The maximum Gasteiger partial charge on any atom is 0.221 e. The highest BCUT2D eigenvalue weighted by molar-refractivity contribution is 5.95. The fraction of sp³-hybridized carbons (Fsp3) is 0.235. The molecular weight excluding hydrogens is 304 g/mol. The number of aromatic nitrogens is 6. The minimum atomic E-state index is 0.0959. The molecule has 3 aromatic rings. The first-order valence-corrected chi connectivity index (χ1v) is 7.76. The molecule has 0 N–H and O–H groups in total. The van der Waals surface area contributed by atoms with Gasteiger partial charge >= 0.3 is 0 Å². The van der Waals surface area contributed by atoms with E-state index in [4.69, 9.17) is 0 Å². The van der Waals surface area contributed by atoms with Gasteiger partial charge in [0.15, 0.2) is 5.78 Å². The van der Waals surface area contributed by atoms with Crippen molar-refractivity contribution in [3.05, 3.63) is 48.3 Å². The Bertz CT molecular complexity index is 803. The molecule has 0 unspecified atom stereocenters. The fourth-order valence-electron chi connectivity index (χ4n) is 2.10. The van der Waals surface area contributed by atoms with Gasteiger partial charge in [0.2, 0.25) is 11.6 Å². The highest BCUT2D eigenvalue weighted by Gasteiger charge is 2.10. The van der Waals surface area contributed by atoms with Gasteiger partial charge in [-0.15, -0.1) is 20.4 Å². The minimum Gasteiger partial charge on any atom is -0.294 e. The first kappa shape index (κ1) is 15.8. The zero-order valence-corrected chi connectivity index (χ0v) is 13.3. The van der Waals surface area contributed by atoms with Gasteiger partial charge in [0.1, 0.15) is 11.4 Å². The van der Waals surface area contributed by atoms with E-state index in [1.54, 1.807) is 30.6 Å². The molecule has 0 aliphatic carbocycles. The van der Waals surface area contributed by atoms with Gasteiger partial charge in [-0.05, 0) is 30.7 Å². The molecule has 3 heterocycles. The molecule has 0 bridgehead atoms. The molecule has 0 fully saturated rings. The Kier molecular flexibility index (Phi) is 4.90. The summed E-state index contributed by atoms with van der Waals surface area (Å²) in [6.45, 7) is 2.06. The van der Waals surface area contributed by atoms with Crippen LogP contribution in [0.4, 0.5) is 0 Å². The molecule has 0 spiro atoms. The van der Waals surface area contributed by atoms with Crippen LogP contribution in [0.15, 0.2) is 42.7 Å². The topological polar surface area (TPSA) is 94.4 Å². The van der Waals surface area contributed by atoms with Crippen LogP contribution in [-0.4, -0.2) is 36.1 Å². The van der Waals surface area contributed by atoms with E-state index < -0.39 is 0 Å². The predicted molar refractivity (Wildman–Crippen MR) is 87.9 cm³/mol. The molecule has 3 rings (SSSR count). The Morgan fingerprint density at radius 3 is 2.17 bits per heavy atom. The monoisotopic (exact) mass is 320 g/mol. The number of Topliss-reactive ketones (excluding diaryl/α,β-unsaturated/α-hetero) is 1.